The number of rotatable bonds is 4. The first-order valence-electron chi connectivity index (χ1n) is 7.21. The molecule has 0 aromatic carbocycles. The predicted molar refractivity (Wildman–Crippen MR) is 82.8 cm³/mol. The molecule has 3 heterocycles. The van der Waals surface area contributed by atoms with E-state index in [-0.39, 0.29) is 17.9 Å². The van der Waals surface area contributed by atoms with Gasteiger partial charge in [0.2, 0.25) is 5.91 Å². The molecule has 2 N–H and O–H groups in total. The number of ether oxygens (including phenoxy) is 1. The van der Waals surface area contributed by atoms with Crippen molar-refractivity contribution in [2.45, 2.75) is 19.6 Å². The fourth-order valence-corrected chi connectivity index (χ4v) is 2.85. The molecular formula is C14H17N5O3S. The number of aromatic amines is 1. The molecule has 0 spiro atoms. The van der Waals surface area contributed by atoms with Gasteiger partial charge in [0.1, 0.15) is 17.6 Å². The molecule has 1 atom stereocenters. The van der Waals surface area contributed by atoms with Crippen molar-refractivity contribution in [1.29, 1.82) is 0 Å². The molecule has 1 saturated heterocycles. The second-order valence-electron chi connectivity index (χ2n) is 5.19. The molecule has 8 nitrogen and oxygen atoms in total. The molecule has 1 aliphatic heterocycles. The molecule has 0 bridgehead atoms. The highest BCUT2D eigenvalue weighted by molar-refractivity contribution is 7.07. The minimum Gasteiger partial charge on any atom is -0.367 e. The number of hydrogen-bond acceptors (Lipinski definition) is 6. The normalized spacial score (nSPS) is 18.0. The van der Waals surface area contributed by atoms with E-state index in [4.69, 9.17) is 4.74 Å². The van der Waals surface area contributed by atoms with Crippen LogP contribution in [0.3, 0.4) is 0 Å². The van der Waals surface area contributed by atoms with Crippen molar-refractivity contribution in [3.05, 3.63) is 34.3 Å². The van der Waals surface area contributed by atoms with Crippen molar-refractivity contribution in [2.75, 3.05) is 19.7 Å². The summed E-state index contributed by atoms with van der Waals surface area (Å²) in [5, 5.41) is 4.44. The number of nitrogens with one attached hydrogen (secondary N) is 2. The first-order chi connectivity index (χ1) is 11.1. The van der Waals surface area contributed by atoms with Gasteiger partial charge in [0.15, 0.2) is 0 Å². The molecule has 0 saturated carbocycles. The Morgan fingerprint density at radius 1 is 1.52 bits per heavy atom. The Morgan fingerprint density at radius 3 is 3.13 bits per heavy atom. The Morgan fingerprint density at radius 2 is 2.39 bits per heavy atom. The maximum Gasteiger partial charge on any atom is 0.273 e. The maximum atomic E-state index is 12.4. The molecular weight excluding hydrogens is 318 g/mol. The SMILES string of the molecule is CC(=O)NCc1cnc(C2CN(C(=O)c3cscn3)CCO2)[nH]1. The fourth-order valence-electron chi connectivity index (χ4n) is 2.33. The summed E-state index contributed by atoms with van der Waals surface area (Å²) in [5.74, 6) is 0.459. The molecule has 9 heteroatoms. The summed E-state index contributed by atoms with van der Waals surface area (Å²) in [7, 11) is 0. The molecule has 1 fully saturated rings. The van der Waals surface area contributed by atoms with Crippen LogP contribution in [0.15, 0.2) is 17.1 Å². The maximum absolute atomic E-state index is 12.4. The van der Waals surface area contributed by atoms with Gasteiger partial charge in [-0.3, -0.25) is 9.59 Å². The fraction of sp³-hybridized carbons (Fsp3) is 0.429. The van der Waals surface area contributed by atoms with E-state index in [1.54, 1.807) is 22.0 Å². The number of morpholine rings is 1. The van der Waals surface area contributed by atoms with E-state index in [1.807, 2.05) is 0 Å². The van der Waals surface area contributed by atoms with Crippen LogP contribution < -0.4 is 5.32 Å². The summed E-state index contributed by atoms with van der Waals surface area (Å²) >= 11 is 1.40. The van der Waals surface area contributed by atoms with E-state index in [0.717, 1.165) is 5.69 Å². The summed E-state index contributed by atoms with van der Waals surface area (Å²) in [6.45, 7) is 3.25. The van der Waals surface area contributed by atoms with Gasteiger partial charge in [-0.15, -0.1) is 11.3 Å². The van der Waals surface area contributed by atoms with Gasteiger partial charge in [0.05, 0.1) is 37.1 Å². The van der Waals surface area contributed by atoms with Crippen molar-refractivity contribution in [3.8, 4) is 0 Å². The lowest BCUT2D eigenvalue weighted by atomic mass is 10.2. The van der Waals surface area contributed by atoms with Gasteiger partial charge in [-0.05, 0) is 0 Å². The van der Waals surface area contributed by atoms with Gasteiger partial charge in [0, 0.05) is 18.8 Å². The minimum atomic E-state index is -0.308. The Balaban J connectivity index is 1.64. The van der Waals surface area contributed by atoms with Crippen LogP contribution in [0, 0.1) is 0 Å². The van der Waals surface area contributed by atoms with E-state index in [1.165, 1.54) is 18.3 Å². The number of imidazole rings is 1. The standard InChI is InChI=1S/C14H17N5O3S/c1-9(20)15-4-10-5-16-13(18-10)12-6-19(2-3-22-12)14(21)11-7-23-8-17-11/h5,7-8,12H,2-4,6H2,1H3,(H,15,20)(H,16,18). The van der Waals surface area contributed by atoms with Crippen LogP contribution in [0.5, 0.6) is 0 Å². The van der Waals surface area contributed by atoms with Gasteiger partial charge in [-0.2, -0.15) is 0 Å². The highest BCUT2D eigenvalue weighted by atomic mass is 32.1. The van der Waals surface area contributed by atoms with Gasteiger partial charge < -0.3 is 19.9 Å². The molecule has 0 radical (unpaired) electrons. The molecule has 1 aliphatic rings. The molecule has 2 amide bonds. The summed E-state index contributed by atoms with van der Waals surface area (Å²) < 4.78 is 5.71. The Hall–Kier alpha value is -2.26. The zero-order valence-corrected chi connectivity index (χ0v) is 13.4. The quantitative estimate of drug-likeness (QED) is 0.857. The van der Waals surface area contributed by atoms with Gasteiger partial charge in [0.25, 0.3) is 5.91 Å². The van der Waals surface area contributed by atoms with E-state index in [9.17, 15) is 9.59 Å². The average molecular weight is 335 g/mol. The summed E-state index contributed by atoms with van der Waals surface area (Å²) in [5.41, 5.74) is 2.90. The monoisotopic (exact) mass is 335 g/mol. The molecule has 2 aromatic heterocycles. The lowest BCUT2D eigenvalue weighted by Gasteiger charge is -2.31. The van der Waals surface area contributed by atoms with Crippen LogP contribution in [-0.4, -0.2) is 51.4 Å². The van der Waals surface area contributed by atoms with Gasteiger partial charge in [-0.1, -0.05) is 0 Å². The second-order valence-corrected chi connectivity index (χ2v) is 5.91. The Bertz CT molecular complexity index is 684. The van der Waals surface area contributed by atoms with Gasteiger partial charge in [-0.25, -0.2) is 9.97 Å². The topological polar surface area (TPSA) is 100 Å². The van der Waals surface area contributed by atoms with Crippen LogP contribution in [0.25, 0.3) is 0 Å². The van der Waals surface area contributed by atoms with E-state index >= 15 is 0 Å². The van der Waals surface area contributed by atoms with Crippen LogP contribution in [-0.2, 0) is 16.1 Å². The minimum absolute atomic E-state index is 0.0930. The first-order valence-corrected chi connectivity index (χ1v) is 8.15. The number of carbonyl (C=O) groups is 2. The Kier molecular flexibility index (Phi) is 4.68. The van der Waals surface area contributed by atoms with Crippen molar-refractivity contribution >= 4 is 23.2 Å². The predicted octanol–water partition coefficient (Wildman–Crippen LogP) is 0.716. The lowest BCUT2D eigenvalue weighted by molar-refractivity contribution is -0.119. The zero-order chi connectivity index (χ0) is 16.2. The number of nitrogens with zero attached hydrogens (tertiary/aromatic N) is 3. The number of hydrogen-bond donors (Lipinski definition) is 2. The highest BCUT2D eigenvalue weighted by Gasteiger charge is 2.28. The largest absolute Gasteiger partial charge is 0.367 e. The third-order valence-corrected chi connectivity index (χ3v) is 4.07. The van der Waals surface area contributed by atoms with Crippen LogP contribution in [0.2, 0.25) is 0 Å². The van der Waals surface area contributed by atoms with Crippen molar-refractivity contribution in [3.63, 3.8) is 0 Å². The zero-order valence-electron chi connectivity index (χ0n) is 12.6. The molecule has 2 aromatic rings. The summed E-state index contributed by atoms with van der Waals surface area (Å²) in [6, 6.07) is 0. The van der Waals surface area contributed by atoms with Crippen molar-refractivity contribution in [2.24, 2.45) is 0 Å². The average Bonchev–Trinajstić information content (AvgIpc) is 3.24. The molecule has 0 aliphatic carbocycles. The van der Waals surface area contributed by atoms with Crippen molar-refractivity contribution < 1.29 is 14.3 Å². The first kappa shape index (κ1) is 15.6. The second kappa shape index (κ2) is 6.88. The molecule has 3 rings (SSSR count). The van der Waals surface area contributed by atoms with Crippen LogP contribution in [0.1, 0.15) is 35.0 Å². The number of thiazole rings is 1. The number of H-pyrrole nitrogens is 1. The molecule has 23 heavy (non-hydrogen) atoms. The van der Waals surface area contributed by atoms with Crippen molar-refractivity contribution in [1.82, 2.24) is 25.2 Å². The number of amides is 2. The summed E-state index contributed by atoms with van der Waals surface area (Å²) in [4.78, 5) is 36.5. The van der Waals surface area contributed by atoms with E-state index < -0.39 is 0 Å². The number of aromatic nitrogens is 3. The third-order valence-electron chi connectivity index (χ3n) is 3.49. The van der Waals surface area contributed by atoms with Gasteiger partial charge >= 0.3 is 0 Å². The number of carbonyl (C=O) groups excluding carboxylic acids is 2. The summed E-state index contributed by atoms with van der Waals surface area (Å²) in [6.07, 6.45) is 1.35. The highest BCUT2D eigenvalue weighted by Crippen LogP contribution is 2.21. The molecule has 1 unspecified atom stereocenters. The van der Waals surface area contributed by atoms with Crippen LogP contribution in [0.4, 0.5) is 0 Å². The van der Waals surface area contributed by atoms with Crippen LogP contribution >= 0.6 is 11.3 Å². The van der Waals surface area contributed by atoms with E-state index in [0.29, 0.717) is 37.8 Å². The molecule has 122 valence electrons. The Labute approximate surface area is 136 Å². The third kappa shape index (κ3) is 3.74. The lowest BCUT2D eigenvalue weighted by Crippen LogP contribution is -2.42. The van der Waals surface area contributed by atoms with E-state index in [2.05, 4.69) is 20.3 Å². The smallest absolute Gasteiger partial charge is 0.273 e.